The molecule has 25 rings (SSSR count). The third-order valence-corrected chi connectivity index (χ3v) is 34.5. The van der Waals surface area contributed by atoms with Crippen molar-refractivity contribution in [2.24, 2.45) is 142 Å². The number of aryl methyl sites for hydroxylation is 2. The van der Waals surface area contributed by atoms with Gasteiger partial charge in [-0.2, -0.15) is 0 Å². The minimum atomic E-state index is -0.240. The number of amides is 10. The molecule has 21 heteroatoms. The molecule has 8 saturated carbocycles. The topological polar surface area (TPSA) is 266 Å². The summed E-state index contributed by atoms with van der Waals surface area (Å²) in [6.45, 7) is 12.9. The fourth-order valence-electron chi connectivity index (χ4n) is 26.8. The summed E-state index contributed by atoms with van der Waals surface area (Å²) in [7, 11) is 0. The van der Waals surface area contributed by atoms with Gasteiger partial charge < -0.3 is 14.2 Å². The van der Waals surface area contributed by atoms with Gasteiger partial charge in [-0.05, 0) is 358 Å². The van der Waals surface area contributed by atoms with Gasteiger partial charge in [0.15, 0.2) is 0 Å². The van der Waals surface area contributed by atoms with Crippen LogP contribution in [0.3, 0.4) is 0 Å². The Kier molecular flexibility index (Phi) is 31.6. The second kappa shape index (κ2) is 45.1. The number of anilines is 1. The first kappa shape index (κ1) is 99.7. The summed E-state index contributed by atoms with van der Waals surface area (Å²) in [5.74, 6) is 14.1. The lowest BCUT2D eigenvalue weighted by atomic mass is 9.87. The van der Waals surface area contributed by atoms with Crippen LogP contribution in [-0.4, -0.2) is 143 Å². The fraction of sp³-hybridized carbons (Fsp3) is 0.479. The number of imide groups is 5. The second-order valence-electron chi connectivity index (χ2n) is 43.6. The maximum atomic E-state index is 12.9. The van der Waals surface area contributed by atoms with E-state index < -0.39 is 0 Å². The van der Waals surface area contributed by atoms with E-state index in [0.29, 0.717) is 169 Å². The summed E-state index contributed by atoms with van der Waals surface area (Å²) >= 11 is 0. The monoisotopic (exact) mass is 1920 g/mol. The average molecular weight is 1920 g/mol. The van der Waals surface area contributed by atoms with Crippen molar-refractivity contribution in [1.29, 1.82) is 0 Å². The molecule has 17 aliphatic carbocycles. The quantitative estimate of drug-likeness (QED) is 0.0265. The molecule has 5 aliphatic heterocycles. The Labute approximate surface area is 835 Å². The van der Waals surface area contributed by atoms with E-state index in [1.54, 1.807) is 39.0 Å². The Morgan fingerprint density at radius 1 is 0.345 bits per heavy atom. The van der Waals surface area contributed by atoms with Gasteiger partial charge in [-0.1, -0.05) is 176 Å². The Balaban J connectivity index is 0.000000108. The van der Waals surface area contributed by atoms with Crippen molar-refractivity contribution in [2.75, 3.05) is 50.9 Å². The normalized spacial score (nSPS) is 32.5. The van der Waals surface area contributed by atoms with Crippen molar-refractivity contribution >= 4 is 94.3 Å². The Hall–Kier alpha value is -12.4. The average Bonchev–Trinajstić information content (AvgIpc) is 1.60. The van der Waals surface area contributed by atoms with E-state index in [9.17, 15) is 62.3 Å². The first-order chi connectivity index (χ1) is 68.8. The zero-order valence-corrected chi connectivity index (χ0v) is 82.7. The number of nitrogens with zero attached hydrogens (tertiary/aromatic N) is 5. The molecule has 5 heterocycles. The first-order valence-corrected chi connectivity index (χ1v) is 52.7. The van der Waals surface area contributed by atoms with Gasteiger partial charge in [-0.15, -0.1) is 0 Å². The number of allylic oxidation sites excluding steroid dienone is 18. The number of ether oxygens (including phenoxy) is 3. The van der Waals surface area contributed by atoms with Crippen LogP contribution in [0.4, 0.5) is 5.69 Å². The lowest BCUT2D eigenvalue weighted by Crippen LogP contribution is -2.37. The van der Waals surface area contributed by atoms with Gasteiger partial charge in [-0.3, -0.25) is 67.5 Å². The number of carbonyl (C=O) groups excluding carboxylic acids is 13. The Bertz CT molecular complexity index is 5840. The van der Waals surface area contributed by atoms with Gasteiger partial charge in [0.2, 0.25) is 0 Å². The van der Waals surface area contributed by atoms with E-state index in [4.69, 9.17) is 14.2 Å². The number of esters is 3. The molecule has 24 unspecified atom stereocenters. The van der Waals surface area contributed by atoms with Gasteiger partial charge in [0.25, 0.3) is 59.1 Å². The summed E-state index contributed by atoms with van der Waals surface area (Å²) in [4.78, 5) is 160. The predicted molar refractivity (Wildman–Crippen MR) is 544 cm³/mol. The highest BCUT2D eigenvalue weighted by molar-refractivity contribution is 6.36. The zero-order valence-electron chi connectivity index (χ0n) is 82.7. The van der Waals surface area contributed by atoms with Crippen LogP contribution < -0.4 is 4.90 Å². The standard InChI is InChI=1S/C21H23NO2.C20H19NO2.C17H18O2.2C13H15NO2.C13H18O2.C12H13NO2.C12H16O2/c1-13-14(2)21(24)22(20(13)23)19-9-5-15(6-10-19)3-7-17-11-16-4-8-18(17)12-16;22-19-17-8-7-13-3-1-2-4-16(13)18(17)20(23)21(19)11-15-10-12-5-6-14(15)9-12;18-17(9-7-13-4-2-1-3-5-13)19-12-16-11-14-6-8-15(16)10-14;1-8-4-12(15)14(13(8)16)7-11-6-9-2-3-10(11)5-9;15-12-3-4-13(16)14(12)6-5-11-8-9-1-2-10(11)7-9;1-2-3-13(14)15-7-6-12-9-10-4-5-11(12)8-10;14-11-3-4-12(15)13(11)7-10-6-8-1-2-9(10)5-8;1-2-3-12(13)14-8-11-7-9-4-5-10(11)6-9/h4-6,8-10,16-18H,3,7,11-12H2,1-2H3;1-6,12,14-15H,7-11H2;1-9,14-16H,10-12H2;2-4,9-11H,5-7H2,1H3;1-4,9-11H,5-8H2;2-5,10-12H,6-9H2,1H3;1-4,8-10H,5-7H2;2-5,9-11H,6-8H2,1H3/b;;9-7+;;;3-2+;;3-2+. The molecule has 16 bridgehead atoms. The third kappa shape index (κ3) is 23.3. The highest BCUT2D eigenvalue weighted by Gasteiger charge is 2.48. The number of hydrogen-bond donors (Lipinski definition) is 0. The van der Waals surface area contributed by atoms with Crippen LogP contribution >= 0.6 is 0 Å². The molecule has 0 N–H and O–H groups in total. The maximum absolute atomic E-state index is 12.9. The van der Waals surface area contributed by atoms with Crippen LogP contribution in [0.1, 0.15) is 185 Å². The fourth-order valence-corrected chi connectivity index (χ4v) is 26.8. The van der Waals surface area contributed by atoms with Gasteiger partial charge >= 0.3 is 17.9 Å². The smallest absolute Gasteiger partial charge is 0.330 e. The zero-order chi connectivity index (χ0) is 98.9. The number of fused-ring (bicyclic) bond motifs is 18. The molecule has 22 aliphatic rings. The van der Waals surface area contributed by atoms with Gasteiger partial charge in [0.05, 0.1) is 31.1 Å². The van der Waals surface area contributed by atoms with Crippen LogP contribution in [0.25, 0.3) is 11.6 Å². The number of carbonyl (C=O) groups is 13. The van der Waals surface area contributed by atoms with Crippen molar-refractivity contribution in [2.45, 2.75) is 176 Å². The second-order valence-corrected chi connectivity index (χ2v) is 43.6. The van der Waals surface area contributed by atoms with Crippen LogP contribution in [0, 0.1) is 142 Å². The van der Waals surface area contributed by atoms with Gasteiger partial charge in [0, 0.05) is 97.1 Å². The first-order valence-electron chi connectivity index (χ1n) is 52.7. The molecule has 142 heavy (non-hydrogen) atoms. The number of hydrogen-bond acceptors (Lipinski definition) is 16. The molecule has 24 atom stereocenters. The molecule has 0 saturated heterocycles. The molecule has 3 aromatic rings. The van der Waals surface area contributed by atoms with E-state index >= 15 is 0 Å². The largest absolute Gasteiger partial charge is 0.463 e. The van der Waals surface area contributed by atoms with Crippen LogP contribution in [-0.2, 0) is 89.4 Å². The molecule has 21 nitrogen and oxygen atoms in total. The van der Waals surface area contributed by atoms with E-state index in [0.717, 1.165) is 115 Å². The van der Waals surface area contributed by atoms with Crippen molar-refractivity contribution in [3.8, 4) is 0 Å². The van der Waals surface area contributed by atoms with Crippen molar-refractivity contribution in [3.05, 3.63) is 281 Å². The highest BCUT2D eigenvalue weighted by Crippen LogP contribution is 2.52. The van der Waals surface area contributed by atoms with Gasteiger partial charge in [0.1, 0.15) is 0 Å². The lowest BCUT2D eigenvalue weighted by molar-refractivity contribution is -0.140. The molecular weight excluding hydrogens is 1780 g/mol. The van der Waals surface area contributed by atoms with Crippen LogP contribution in [0.15, 0.2) is 259 Å². The van der Waals surface area contributed by atoms with E-state index in [-0.39, 0.29) is 77.0 Å². The van der Waals surface area contributed by atoms with E-state index in [1.807, 2.05) is 74.5 Å². The van der Waals surface area contributed by atoms with Crippen LogP contribution in [0.5, 0.6) is 0 Å². The highest BCUT2D eigenvalue weighted by atomic mass is 16.5. The van der Waals surface area contributed by atoms with E-state index in [2.05, 4.69) is 115 Å². The minimum Gasteiger partial charge on any atom is -0.463 e. The molecule has 3 aromatic carbocycles. The molecule has 0 spiro atoms. The van der Waals surface area contributed by atoms with Crippen LogP contribution in [0.2, 0.25) is 0 Å². The number of benzene rings is 3. The molecule has 0 radical (unpaired) electrons. The molecule has 742 valence electrons. The predicted octanol–water partition coefficient (Wildman–Crippen LogP) is 19.6. The van der Waals surface area contributed by atoms with Gasteiger partial charge in [-0.25, -0.2) is 19.3 Å². The van der Waals surface area contributed by atoms with E-state index in [1.165, 1.54) is 174 Å². The summed E-state index contributed by atoms with van der Waals surface area (Å²) < 4.78 is 15.6. The third-order valence-electron chi connectivity index (χ3n) is 34.5. The Morgan fingerprint density at radius 2 is 0.732 bits per heavy atom. The van der Waals surface area contributed by atoms with Crippen molar-refractivity contribution in [1.82, 2.24) is 19.6 Å². The lowest BCUT2D eigenvalue weighted by Gasteiger charge is -2.24. The summed E-state index contributed by atoms with van der Waals surface area (Å²) in [6, 6.07) is 25.7. The Morgan fingerprint density at radius 3 is 1.15 bits per heavy atom. The van der Waals surface area contributed by atoms with Crippen molar-refractivity contribution in [3.63, 3.8) is 0 Å². The summed E-state index contributed by atoms with van der Waals surface area (Å²) in [6.07, 6.45) is 79.1. The SMILES string of the molecule is C/C=C/C(=O)OCC1CC2C=CC1C2.C/C=C/C(=O)OCCC1CC2C=CC1C2.CC1=C(C)C(=O)N(c2ccc(CCC3CC4C=CC3C4)cc2)C1=O.CC1=CC(=O)N(CC2CC3C=CC2C3)C1=O.O=C(/C=C/c1ccccc1)OCC1CC2C=CC1C2.O=C1C2=C(C(=O)N1CC1CC3C=CC1C3)c1ccccc1CC2.O=C1C=CC(=O)N1CC1CC2C=CC1C2.O=C1C=CC(=O)N1CCC1CC2C=CC1C2. The molecular formula is C121H137N5O16. The molecule has 0 aromatic heterocycles. The van der Waals surface area contributed by atoms with Crippen molar-refractivity contribution < 1.29 is 76.5 Å². The summed E-state index contributed by atoms with van der Waals surface area (Å²) in [5.41, 5.74) is 8.23. The minimum absolute atomic E-state index is 0.0359. The number of rotatable bonds is 24. The molecule has 10 amide bonds. The maximum Gasteiger partial charge on any atom is 0.330 e. The molecule has 8 fully saturated rings. The summed E-state index contributed by atoms with van der Waals surface area (Å²) in [5, 5.41) is 0.